The van der Waals surface area contributed by atoms with Crippen LogP contribution in [0, 0.1) is 13.8 Å². The van der Waals surface area contributed by atoms with Crippen LogP contribution in [0.2, 0.25) is 0 Å². The lowest BCUT2D eigenvalue weighted by molar-refractivity contribution is 0.393. The van der Waals surface area contributed by atoms with Gasteiger partial charge in [0.25, 0.3) is 0 Å². The minimum absolute atomic E-state index is 0.701. The smallest absolute Gasteiger partial charge is 0.173 e. The van der Waals surface area contributed by atoms with Gasteiger partial charge in [-0.05, 0) is 19.9 Å². The molecule has 0 unspecified atom stereocenters. The van der Waals surface area contributed by atoms with Crippen LogP contribution in [0.25, 0.3) is 22.2 Å². The molecule has 5 aromatic rings. The Hall–Kier alpha value is -3.43. The second-order valence-electron chi connectivity index (χ2n) is 7.27. The molecular formula is C24H20N3O2P. The van der Waals surface area contributed by atoms with Crippen LogP contribution >= 0.6 is 7.14 Å². The first-order chi connectivity index (χ1) is 14.6. The highest BCUT2D eigenvalue weighted by Crippen LogP contribution is 2.44. The Morgan fingerprint density at radius 3 is 2.13 bits per heavy atom. The van der Waals surface area contributed by atoms with E-state index in [0.29, 0.717) is 5.65 Å². The average Bonchev–Trinajstić information content (AvgIpc) is 3.37. The number of aryl methyl sites for hydroxylation is 2. The van der Waals surface area contributed by atoms with Crippen LogP contribution in [0.1, 0.15) is 11.5 Å². The lowest BCUT2D eigenvalue weighted by Gasteiger charge is -2.19. The van der Waals surface area contributed by atoms with E-state index in [1.807, 2.05) is 86.8 Å². The molecule has 0 fully saturated rings. The van der Waals surface area contributed by atoms with Crippen molar-refractivity contribution in [2.75, 3.05) is 0 Å². The predicted octanol–water partition coefficient (Wildman–Crippen LogP) is 4.47. The van der Waals surface area contributed by atoms with Gasteiger partial charge in [0.1, 0.15) is 11.4 Å². The van der Waals surface area contributed by atoms with Crippen molar-refractivity contribution in [2.24, 2.45) is 0 Å². The molecule has 30 heavy (non-hydrogen) atoms. The molecule has 0 saturated carbocycles. The summed E-state index contributed by atoms with van der Waals surface area (Å²) in [6.07, 6.45) is 3.63. The summed E-state index contributed by atoms with van der Waals surface area (Å²) in [5, 5.41) is 7.23. The summed E-state index contributed by atoms with van der Waals surface area (Å²) in [7, 11) is -3.10. The molecule has 148 valence electrons. The van der Waals surface area contributed by atoms with Gasteiger partial charge >= 0.3 is 0 Å². The van der Waals surface area contributed by atoms with Crippen LogP contribution in [-0.2, 0) is 4.57 Å². The van der Waals surface area contributed by atoms with Crippen molar-refractivity contribution in [3.63, 3.8) is 0 Å². The third kappa shape index (κ3) is 2.82. The molecule has 0 amide bonds. The summed E-state index contributed by atoms with van der Waals surface area (Å²) in [6, 6.07) is 21.3. The van der Waals surface area contributed by atoms with E-state index in [4.69, 9.17) is 4.52 Å². The molecule has 0 saturated heterocycles. The molecule has 1 N–H and O–H groups in total. The number of hydrogen-bond acceptors (Lipinski definition) is 4. The molecule has 6 heteroatoms. The van der Waals surface area contributed by atoms with Gasteiger partial charge in [0.2, 0.25) is 0 Å². The Labute approximate surface area is 174 Å². The van der Waals surface area contributed by atoms with Crippen LogP contribution in [0.4, 0.5) is 0 Å². The molecule has 0 atom stereocenters. The summed E-state index contributed by atoms with van der Waals surface area (Å²) in [4.78, 5) is 7.81. The summed E-state index contributed by atoms with van der Waals surface area (Å²) < 4.78 is 20.1. The first-order valence-electron chi connectivity index (χ1n) is 9.71. The zero-order valence-electron chi connectivity index (χ0n) is 16.7. The average molecular weight is 413 g/mol. The molecule has 2 aromatic carbocycles. The molecule has 5 nitrogen and oxygen atoms in total. The van der Waals surface area contributed by atoms with E-state index < -0.39 is 7.14 Å². The Balaban J connectivity index is 1.80. The Morgan fingerprint density at radius 1 is 0.933 bits per heavy atom. The normalized spacial score (nSPS) is 11.8. The van der Waals surface area contributed by atoms with E-state index in [0.717, 1.165) is 43.9 Å². The van der Waals surface area contributed by atoms with Crippen LogP contribution in [0.15, 0.2) is 83.6 Å². The number of rotatable bonds is 4. The maximum absolute atomic E-state index is 14.7. The summed E-state index contributed by atoms with van der Waals surface area (Å²) in [5.74, 6) is 0.736. The molecule has 0 aliphatic rings. The number of nitrogens with zero attached hydrogens (tertiary/aromatic N) is 2. The summed E-state index contributed by atoms with van der Waals surface area (Å²) in [5.41, 5.74) is 3.32. The van der Waals surface area contributed by atoms with Gasteiger partial charge in [0, 0.05) is 44.8 Å². The quantitative estimate of drug-likeness (QED) is 0.441. The minimum Gasteiger partial charge on any atom is -0.361 e. The topological polar surface area (TPSA) is 71.8 Å². The Bertz CT molecular complexity index is 1330. The van der Waals surface area contributed by atoms with E-state index >= 15 is 0 Å². The Morgan fingerprint density at radius 2 is 1.57 bits per heavy atom. The number of H-pyrrole nitrogens is 1. The van der Waals surface area contributed by atoms with E-state index in [1.54, 1.807) is 6.20 Å². The molecule has 0 bridgehead atoms. The number of aromatic amines is 1. The van der Waals surface area contributed by atoms with Crippen LogP contribution in [-0.4, -0.2) is 15.1 Å². The molecule has 3 aromatic heterocycles. The van der Waals surface area contributed by atoms with Gasteiger partial charge in [-0.25, -0.2) is 4.98 Å². The summed E-state index contributed by atoms with van der Waals surface area (Å²) in [6.45, 7) is 3.79. The fraction of sp³-hybridized carbons (Fsp3) is 0.0833. The van der Waals surface area contributed by atoms with Gasteiger partial charge in [-0.1, -0.05) is 65.8 Å². The number of fused-ring (bicyclic) bond motifs is 1. The Kier molecular flexibility index (Phi) is 4.41. The van der Waals surface area contributed by atoms with Crippen LogP contribution in [0.5, 0.6) is 0 Å². The van der Waals surface area contributed by atoms with Gasteiger partial charge < -0.3 is 14.1 Å². The molecule has 0 aliphatic carbocycles. The number of benzene rings is 2. The standard InChI is InChI=1S/C24H20N3O2P/c1-16-23(17(2)29-27-16)18-13-21-22(15-26-24(21)25-14-18)30(28,19-9-5-3-6-10-19)20-11-7-4-8-12-20/h3-15H,1-2H3,(H,25,26). The second-order valence-corrected chi connectivity index (χ2v) is 10.0. The minimum atomic E-state index is -3.10. The third-order valence-electron chi connectivity index (χ3n) is 5.41. The highest BCUT2D eigenvalue weighted by molar-refractivity contribution is 7.85. The first-order valence-corrected chi connectivity index (χ1v) is 11.4. The van der Waals surface area contributed by atoms with Crippen molar-refractivity contribution < 1.29 is 9.09 Å². The molecule has 0 spiro atoms. The number of nitrogens with one attached hydrogen (secondary N) is 1. The van der Waals surface area contributed by atoms with Crippen LogP contribution in [0.3, 0.4) is 0 Å². The van der Waals surface area contributed by atoms with Crippen molar-refractivity contribution >= 4 is 34.1 Å². The highest BCUT2D eigenvalue weighted by Gasteiger charge is 2.32. The number of hydrogen-bond donors (Lipinski definition) is 1. The monoisotopic (exact) mass is 413 g/mol. The van der Waals surface area contributed by atoms with Gasteiger partial charge in [-0.3, -0.25) is 0 Å². The van der Waals surface area contributed by atoms with Gasteiger partial charge in [0.15, 0.2) is 7.14 Å². The number of aromatic nitrogens is 3. The fourth-order valence-electron chi connectivity index (χ4n) is 3.98. The van der Waals surface area contributed by atoms with Crippen molar-refractivity contribution in [1.29, 1.82) is 0 Å². The maximum Gasteiger partial charge on any atom is 0.173 e. The first kappa shape index (κ1) is 18.6. The van der Waals surface area contributed by atoms with Crippen molar-refractivity contribution in [2.45, 2.75) is 13.8 Å². The maximum atomic E-state index is 14.7. The molecule has 0 radical (unpaired) electrons. The fourth-order valence-corrected chi connectivity index (χ4v) is 6.78. The molecule has 3 heterocycles. The van der Waals surface area contributed by atoms with Gasteiger partial charge in [0.05, 0.1) is 5.69 Å². The third-order valence-corrected chi connectivity index (χ3v) is 8.51. The predicted molar refractivity (Wildman–Crippen MR) is 120 cm³/mol. The second kappa shape index (κ2) is 7.12. The van der Waals surface area contributed by atoms with E-state index in [9.17, 15) is 4.57 Å². The molecule has 0 aliphatic heterocycles. The van der Waals surface area contributed by atoms with E-state index in [1.165, 1.54) is 0 Å². The zero-order valence-corrected chi connectivity index (χ0v) is 17.6. The van der Waals surface area contributed by atoms with Gasteiger partial charge in [-0.15, -0.1) is 0 Å². The largest absolute Gasteiger partial charge is 0.361 e. The van der Waals surface area contributed by atoms with Crippen molar-refractivity contribution in [1.82, 2.24) is 15.1 Å². The van der Waals surface area contributed by atoms with Crippen molar-refractivity contribution in [3.05, 3.63) is 90.6 Å². The zero-order chi connectivity index (χ0) is 20.7. The molecular weight excluding hydrogens is 393 g/mol. The lowest BCUT2D eigenvalue weighted by atomic mass is 10.1. The highest BCUT2D eigenvalue weighted by atomic mass is 31.2. The van der Waals surface area contributed by atoms with Crippen molar-refractivity contribution in [3.8, 4) is 11.1 Å². The number of pyridine rings is 1. The SMILES string of the molecule is Cc1noc(C)c1-c1cnc2[nH]cc(P(=O)(c3ccccc3)c3ccccc3)c2c1. The summed E-state index contributed by atoms with van der Waals surface area (Å²) >= 11 is 0. The van der Waals surface area contributed by atoms with E-state index in [2.05, 4.69) is 15.1 Å². The van der Waals surface area contributed by atoms with E-state index in [-0.39, 0.29) is 0 Å². The lowest BCUT2D eigenvalue weighted by Crippen LogP contribution is -2.24. The molecule has 5 rings (SSSR count). The van der Waals surface area contributed by atoms with Crippen LogP contribution < -0.4 is 15.9 Å². The van der Waals surface area contributed by atoms with Gasteiger partial charge in [-0.2, -0.15) is 0 Å².